The van der Waals surface area contributed by atoms with Gasteiger partial charge in [0.15, 0.2) is 0 Å². The van der Waals surface area contributed by atoms with Crippen molar-refractivity contribution in [2.24, 2.45) is 0 Å². The third-order valence-electron chi connectivity index (χ3n) is 5.36. The highest BCUT2D eigenvalue weighted by atomic mass is 16.5. The summed E-state index contributed by atoms with van der Waals surface area (Å²) in [5, 5.41) is 0.539. The lowest BCUT2D eigenvalue weighted by Crippen LogP contribution is -2.32. The number of hydrogen-bond acceptors (Lipinski definition) is 4. The predicted octanol–water partition coefficient (Wildman–Crippen LogP) is 4.09. The topological polar surface area (TPSA) is 75.3 Å². The van der Waals surface area contributed by atoms with Gasteiger partial charge in [0.1, 0.15) is 11.6 Å². The Bertz CT molecular complexity index is 1250. The fraction of sp³-hybridized carbons (Fsp3) is 0.192. The monoisotopic (exact) mass is 427 g/mol. The number of carbonyl (C=O) groups is 1. The molecule has 1 N–H and O–H groups in total. The van der Waals surface area contributed by atoms with Gasteiger partial charge in [-0.1, -0.05) is 54.6 Å². The summed E-state index contributed by atoms with van der Waals surface area (Å²) < 4.78 is 5.19. The number of aromatic amines is 1. The minimum absolute atomic E-state index is 0.000443. The van der Waals surface area contributed by atoms with Crippen LogP contribution in [0.1, 0.15) is 23.4 Å². The molecule has 0 unspecified atom stereocenters. The number of carbonyl (C=O) groups excluding carboxylic acids is 1. The fourth-order valence-electron chi connectivity index (χ4n) is 3.63. The Hall–Kier alpha value is -3.93. The minimum atomic E-state index is -0.198. The predicted molar refractivity (Wildman–Crippen MR) is 124 cm³/mol. The first kappa shape index (κ1) is 21.3. The molecule has 0 spiro atoms. The van der Waals surface area contributed by atoms with Crippen molar-refractivity contribution >= 4 is 16.8 Å². The molecule has 1 amide bonds. The van der Waals surface area contributed by atoms with Crippen molar-refractivity contribution in [1.82, 2.24) is 14.9 Å². The molecule has 3 aromatic carbocycles. The molecule has 32 heavy (non-hydrogen) atoms. The normalized spacial score (nSPS) is 10.8. The lowest BCUT2D eigenvalue weighted by Gasteiger charge is -2.23. The maximum absolute atomic E-state index is 13.2. The smallest absolute Gasteiger partial charge is 0.258 e. The van der Waals surface area contributed by atoms with Crippen LogP contribution in [0.4, 0.5) is 0 Å². The van der Waals surface area contributed by atoms with Gasteiger partial charge >= 0.3 is 0 Å². The first-order valence-electron chi connectivity index (χ1n) is 10.5. The van der Waals surface area contributed by atoms with Gasteiger partial charge in [0.05, 0.1) is 24.6 Å². The van der Waals surface area contributed by atoms with Crippen molar-refractivity contribution in [1.29, 1.82) is 0 Å². The maximum Gasteiger partial charge on any atom is 0.258 e. The number of methoxy groups -OCH3 is 1. The van der Waals surface area contributed by atoms with Crippen molar-refractivity contribution in [2.45, 2.75) is 25.9 Å². The number of aryl methyl sites for hydroxylation is 1. The van der Waals surface area contributed by atoms with Gasteiger partial charge in [-0.05, 0) is 41.8 Å². The van der Waals surface area contributed by atoms with Gasteiger partial charge in [-0.3, -0.25) is 9.59 Å². The van der Waals surface area contributed by atoms with Crippen LogP contribution in [0, 0.1) is 0 Å². The van der Waals surface area contributed by atoms with Crippen LogP contribution in [0.15, 0.2) is 83.7 Å². The second-order valence-corrected chi connectivity index (χ2v) is 7.61. The van der Waals surface area contributed by atoms with Crippen molar-refractivity contribution in [2.75, 3.05) is 7.11 Å². The van der Waals surface area contributed by atoms with Crippen molar-refractivity contribution < 1.29 is 9.53 Å². The fourth-order valence-corrected chi connectivity index (χ4v) is 3.63. The molecule has 4 rings (SSSR count). The molecule has 162 valence electrons. The number of para-hydroxylation sites is 1. The Morgan fingerprint density at radius 2 is 1.62 bits per heavy atom. The molecule has 6 nitrogen and oxygen atoms in total. The van der Waals surface area contributed by atoms with Gasteiger partial charge in [0.2, 0.25) is 5.91 Å². The van der Waals surface area contributed by atoms with Crippen molar-refractivity contribution in [3.05, 3.63) is 106 Å². The highest BCUT2D eigenvalue weighted by molar-refractivity contribution is 5.78. The molecule has 0 aliphatic rings. The average Bonchev–Trinajstić information content (AvgIpc) is 2.83. The van der Waals surface area contributed by atoms with E-state index in [1.54, 1.807) is 24.1 Å². The molecular formula is C26H25N3O3. The maximum atomic E-state index is 13.2. The van der Waals surface area contributed by atoms with E-state index in [9.17, 15) is 9.59 Å². The van der Waals surface area contributed by atoms with E-state index in [1.165, 1.54) is 0 Å². The summed E-state index contributed by atoms with van der Waals surface area (Å²) in [6, 6.07) is 24.7. The first-order chi connectivity index (χ1) is 15.6. The number of amides is 1. The number of fused-ring (bicyclic) bond motifs is 1. The van der Waals surface area contributed by atoms with E-state index in [1.807, 2.05) is 66.7 Å². The van der Waals surface area contributed by atoms with E-state index in [2.05, 4.69) is 9.97 Å². The van der Waals surface area contributed by atoms with Crippen LogP contribution in [-0.2, 0) is 24.3 Å². The van der Waals surface area contributed by atoms with Gasteiger partial charge in [-0.2, -0.15) is 0 Å². The highest BCUT2D eigenvalue weighted by Gasteiger charge is 2.17. The van der Waals surface area contributed by atoms with Gasteiger partial charge < -0.3 is 14.6 Å². The number of rotatable bonds is 8. The Morgan fingerprint density at radius 1 is 0.906 bits per heavy atom. The van der Waals surface area contributed by atoms with E-state index >= 15 is 0 Å². The molecule has 0 fully saturated rings. The Morgan fingerprint density at radius 3 is 2.38 bits per heavy atom. The number of benzene rings is 3. The zero-order chi connectivity index (χ0) is 22.3. The van der Waals surface area contributed by atoms with E-state index in [-0.39, 0.29) is 18.0 Å². The Labute approximate surface area is 186 Å². The van der Waals surface area contributed by atoms with Crippen LogP contribution in [0.3, 0.4) is 0 Å². The number of nitrogens with zero attached hydrogens (tertiary/aromatic N) is 2. The van der Waals surface area contributed by atoms with E-state index in [0.29, 0.717) is 36.1 Å². The SMILES string of the molecule is COc1ccc(CCC(=O)N(Cc2ccccc2)Cc2nc3ccccc3c(=O)[nH]2)cc1. The summed E-state index contributed by atoms with van der Waals surface area (Å²) in [4.78, 5) is 34.8. The molecule has 0 atom stereocenters. The molecule has 0 saturated heterocycles. The molecule has 0 radical (unpaired) electrons. The summed E-state index contributed by atoms with van der Waals surface area (Å²) in [7, 11) is 1.63. The van der Waals surface area contributed by atoms with Crippen LogP contribution in [0.25, 0.3) is 10.9 Å². The largest absolute Gasteiger partial charge is 0.497 e. The third-order valence-corrected chi connectivity index (χ3v) is 5.36. The third kappa shape index (κ3) is 5.21. The standard InChI is InChI=1S/C26H25N3O3/c1-32-21-14-11-19(12-15-21)13-16-25(30)29(17-20-7-3-2-4-8-20)18-24-27-23-10-6-5-9-22(23)26(31)28-24/h2-12,14-15H,13,16-18H2,1H3,(H,27,28,31). The van der Waals surface area contributed by atoms with Crippen LogP contribution in [0.5, 0.6) is 5.75 Å². The van der Waals surface area contributed by atoms with Gasteiger partial charge in [0, 0.05) is 13.0 Å². The van der Waals surface area contributed by atoms with E-state index in [4.69, 9.17) is 4.74 Å². The number of aromatic nitrogens is 2. The lowest BCUT2D eigenvalue weighted by atomic mass is 10.1. The van der Waals surface area contributed by atoms with Crippen LogP contribution >= 0.6 is 0 Å². The quantitative estimate of drug-likeness (QED) is 0.460. The number of nitrogens with one attached hydrogen (secondary N) is 1. The molecule has 0 saturated carbocycles. The first-order valence-corrected chi connectivity index (χ1v) is 10.5. The minimum Gasteiger partial charge on any atom is -0.497 e. The summed E-state index contributed by atoms with van der Waals surface area (Å²) in [6.07, 6.45) is 0.979. The highest BCUT2D eigenvalue weighted by Crippen LogP contribution is 2.15. The molecular weight excluding hydrogens is 402 g/mol. The van der Waals surface area contributed by atoms with E-state index < -0.39 is 0 Å². The van der Waals surface area contributed by atoms with Crippen LogP contribution in [0.2, 0.25) is 0 Å². The van der Waals surface area contributed by atoms with E-state index in [0.717, 1.165) is 16.9 Å². The summed E-state index contributed by atoms with van der Waals surface area (Å²) >= 11 is 0. The van der Waals surface area contributed by atoms with Crippen LogP contribution < -0.4 is 10.3 Å². The molecule has 1 heterocycles. The van der Waals surface area contributed by atoms with Gasteiger partial charge in [-0.25, -0.2) is 4.98 Å². The molecule has 0 aliphatic heterocycles. The second kappa shape index (κ2) is 9.92. The number of ether oxygens (including phenoxy) is 1. The summed E-state index contributed by atoms with van der Waals surface area (Å²) in [6.45, 7) is 0.676. The van der Waals surface area contributed by atoms with Gasteiger partial charge in [-0.15, -0.1) is 0 Å². The van der Waals surface area contributed by atoms with Gasteiger partial charge in [0.25, 0.3) is 5.56 Å². The zero-order valence-corrected chi connectivity index (χ0v) is 18.0. The lowest BCUT2D eigenvalue weighted by molar-refractivity contribution is -0.132. The van der Waals surface area contributed by atoms with Crippen LogP contribution in [-0.4, -0.2) is 27.9 Å². The zero-order valence-electron chi connectivity index (χ0n) is 18.0. The Balaban J connectivity index is 1.54. The molecule has 0 aliphatic carbocycles. The molecule has 0 bridgehead atoms. The average molecular weight is 428 g/mol. The summed E-state index contributed by atoms with van der Waals surface area (Å²) in [5.74, 6) is 1.26. The number of hydrogen-bond donors (Lipinski definition) is 1. The summed E-state index contributed by atoms with van der Waals surface area (Å²) in [5.41, 5.74) is 2.51. The molecule has 1 aromatic heterocycles. The van der Waals surface area contributed by atoms with Crippen molar-refractivity contribution in [3.8, 4) is 5.75 Å². The molecule has 4 aromatic rings. The Kier molecular flexibility index (Phi) is 6.60. The molecule has 6 heteroatoms. The number of H-pyrrole nitrogens is 1. The van der Waals surface area contributed by atoms with Crippen molar-refractivity contribution in [3.63, 3.8) is 0 Å². The second-order valence-electron chi connectivity index (χ2n) is 7.61.